The molecule has 2 amide bonds. The Hall–Kier alpha value is -4.25. The first-order valence-corrected chi connectivity index (χ1v) is 14.1. The number of fused-ring (bicyclic) bond motifs is 1. The Balaban J connectivity index is 1.68. The summed E-state index contributed by atoms with van der Waals surface area (Å²) in [7, 11) is 0. The number of carbonyl (C=O) groups excluding carboxylic acids is 1. The van der Waals surface area contributed by atoms with Gasteiger partial charge in [0.25, 0.3) is 0 Å². The van der Waals surface area contributed by atoms with Crippen molar-refractivity contribution in [3.8, 4) is 16.9 Å². The van der Waals surface area contributed by atoms with Gasteiger partial charge in [0.05, 0.1) is 28.3 Å². The normalized spacial score (nSPS) is 13.7. The molecule has 11 heteroatoms. The number of para-hydroxylation sites is 1. The standard InChI is InChI=1S/C32H32F5N5O/c1-4-19-7-6-8-20(5-2)29(19)42-30(22-14-26(34)28(15-25(22)33)39-31(38)43)23-17-41(12-11-27(23)40-42)16-21-13-18(3)9-10-24(21)32(35,36)37/h6-10,13-15H,4-5,11-12,16-17H2,1-3H3,(H3,38,39,43). The van der Waals surface area contributed by atoms with Crippen molar-refractivity contribution in [3.05, 3.63) is 99.2 Å². The van der Waals surface area contributed by atoms with E-state index >= 15 is 8.78 Å². The fraction of sp³-hybridized carbons (Fsp3) is 0.312. The molecule has 0 bridgehead atoms. The molecule has 5 rings (SSSR count). The Morgan fingerprint density at radius 2 is 1.70 bits per heavy atom. The summed E-state index contributed by atoms with van der Waals surface area (Å²) in [5.74, 6) is -1.70. The molecule has 4 aromatic rings. The Morgan fingerprint density at radius 3 is 2.33 bits per heavy atom. The summed E-state index contributed by atoms with van der Waals surface area (Å²) in [6, 6.07) is 10.7. The highest BCUT2D eigenvalue weighted by molar-refractivity contribution is 5.88. The van der Waals surface area contributed by atoms with Gasteiger partial charge < -0.3 is 11.1 Å². The van der Waals surface area contributed by atoms with Crippen LogP contribution in [0.1, 0.15) is 52.9 Å². The first-order chi connectivity index (χ1) is 20.4. The van der Waals surface area contributed by atoms with Gasteiger partial charge in [-0.2, -0.15) is 18.3 Å². The number of hydrogen-bond acceptors (Lipinski definition) is 3. The monoisotopic (exact) mass is 597 g/mol. The third kappa shape index (κ3) is 5.99. The van der Waals surface area contributed by atoms with E-state index in [1.807, 2.05) is 36.9 Å². The molecule has 0 saturated carbocycles. The maximum absolute atomic E-state index is 15.8. The molecule has 6 nitrogen and oxygen atoms in total. The van der Waals surface area contributed by atoms with E-state index in [0.29, 0.717) is 48.3 Å². The second-order valence-electron chi connectivity index (χ2n) is 10.7. The second kappa shape index (κ2) is 11.8. The molecule has 0 radical (unpaired) electrons. The molecule has 0 saturated heterocycles. The molecule has 1 aliphatic rings. The number of amides is 2. The van der Waals surface area contributed by atoms with Crippen molar-refractivity contribution in [1.82, 2.24) is 14.7 Å². The first kappa shape index (κ1) is 30.2. The van der Waals surface area contributed by atoms with Gasteiger partial charge in [-0.05, 0) is 48.6 Å². The van der Waals surface area contributed by atoms with E-state index in [1.54, 1.807) is 11.6 Å². The number of urea groups is 1. The van der Waals surface area contributed by atoms with Crippen LogP contribution in [-0.4, -0.2) is 27.3 Å². The van der Waals surface area contributed by atoms with Gasteiger partial charge in [-0.25, -0.2) is 18.3 Å². The lowest BCUT2D eigenvalue weighted by atomic mass is 9.97. The predicted molar refractivity (Wildman–Crippen MR) is 155 cm³/mol. The van der Waals surface area contributed by atoms with Gasteiger partial charge in [0.1, 0.15) is 11.6 Å². The zero-order valence-electron chi connectivity index (χ0n) is 24.1. The Bertz CT molecular complexity index is 1670. The molecule has 0 aliphatic carbocycles. The molecule has 1 aliphatic heterocycles. The molecule has 3 aromatic carbocycles. The fourth-order valence-electron chi connectivity index (χ4n) is 5.82. The van der Waals surface area contributed by atoms with Crippen molar-refractivity contribution < 1.29 is 26.7 Å². The third-order valence-electron chi connectivity index (χ3n) is 7.82. The Kier molecular flexibility index (Phi) is 8.29. The number of benzene rings is 3. The van der Waals surface area contributed by atoms with Gasteiger partial charge in [0.15, 0.2) is 0 Å². The molecular formula is C32H32F5N5O. The van der Waals surface area contributed by atoms with Crippen LogP contribution >= 0.6 is 0 Å². The minimum absolute atomic E-state index is 0.0185. The van der Waals surface area contributed by atoms with E-state index < -0.39 is 35.1 Å². The lowest BCUT2D eigenvalue weighted by Gasteiger charge is -2.28. The number of halogens is 5. The number of carbonyl (C=O) groups is 1. The van der Waals surface area contributed by atoms with E-state index in [4.69, 9.17) is 10.8 Å². The van der Waals surface area contributed by atoms with Crippen molar-refractivity contribution in [2.75, 3.05) is 11.9 Å². The SMILES string of the molecule is CCc1cccc(CC)c1-n1nc2c(c1-c1cc(F)c(NC(N)=O)cc1F)CN(Cc1cc(C)ccc1C(F)(F)F)CC2. The average Bonchev–Trinajstić information content (AvgIpc) is 3.31. The molecule has 2 heterocycles. The van der Waals surface area contributed by atoms with Crippen molar-refractivity contribution in [1.29, 1.82) is 0 Å². The lowest BCUT2D eigenvalue weighted by molar-refractivity contribution is -0.138. The minimum Gasteiger partial charge on any atom is -0.351 e. The third-order valence-corrected chi connectivity index (χ3v) is 7.82. The number of anilines is 1. The van der Waals surface area contributed by atoms with Crippen molar-refractivity contribution in [2.24, 2.45) is 5.73 Å². The molecule has 0 spiro atoms. The van der Waals surface area contributed by atoms with Crippen LogP contribution in [0.3, 0.4) is 0 Å². The van der Waals surface area contributed by atoms with E-state index in [2.05, 4.69) is 5.32 Å². The van der Waals surface area contributed by atoms with Gasteiger partial charge in [-0.3, -0.25) is 4.90 Å². The number of nitrogens with two attached hydrogens (primary N) is 1. The fourth-order valence-corrected chi connectivity index (χ4v) is 5.82. The summed E-state index contributed by atoms with van der Waals surface area (Å²) >= 11 is 0. The molecule has 1 aromatic heterocycles. The van der Waals surface area contributed by atoms with Crippen LogP contribution in [0, 0.1) is 18.6 Å². The number of rotatable bonds is 7. The number of nitrogens with one attached hydrogen (secondary N) is 1. The summed E-state index contributed by atoms with van der Waals surface area (Å²) in [6.07, 6.45) is -2.79. The molecule has 0 fully saturated rings. The quantitative estimate of drug-likeness (QED) is 0.219. The predicted octanol–water partition coefficient (Wildman–Crippen LogP) is 7.32. The van der Waals surface area contributed by atoms with Crippen LogP contribution in [0.2, 0.25) is 0 Å². The Labute approximate surface area is 246 Å². The number of nitrogens with zero attached hydrogens (tertiary/aromatic N) is 3. The van der Waals surface area contributed by atoms with Gasteiger partial charge in [-0.1, -0.05) is 49.7 Å². The Morgan fingerprint density at radius 1 is 1.00 bits per heavy atom. The highest BCUT2D eigenvalue weighted by Crippen LogP contribution is 2.39. The van der Waals surface area contributed by atoms with E-state index in [0.717, 1.165) is 35.0 Å². The van der Waals surface area contributed by atoms with Crippen LogP contribution in [0.5, 0.6) is 0 Å². The average molecular weight is 598 g/mol. The van der Waals surface area contributed by atoms with Gasteiger partial charge in [0, 0.05) is 43.2 Å². The van der Waals surface area contributed by atoms with E-state index in [1.165, 1.54) is 12.1 Å². The molecular weight excluding hydrogens is 565 g/mol. The highest BCUT2D eigenvalue weighted by Gasteiger charge is 2.35. The largest absolute Gasteiger partial charge is 0.416 e. The molecule has 226 valence electrons. The number of alkyl halides is 3. The van der Waals surface area contributed by atoms with E-state index in [9.17, 15) is 18.0 Å². The summed E-state index contributed by atoms with van der Waals surface area (Å²) in [6.45, 7) is 6.35. The van der Waals surface area contributed by atoms with Gasteiger partial charge >= 0.3 is 12.2 Å². The zero-order valence-corrected chi connectivity index (χ0v) is 24.1. The maximum Gasteiger partial charge on any atom is 0.416 e. The van der Waals surface area contributed by atoms with Crippen LogP contribution in [0.4, 0.5) is 32.4 Å². The van der Waals surface area contributed by atoms with Crippen LogP contribution in [-0.2, 0) is 38.5 Å². The zero-order chi connectivity index (χ0) is 31.1. The maximum atomic E-state index is 15.8. The molecule has 3 N–H and O–H groups in total. The summed E-state index contributed by atoms with van der Waals surface area (Å²) < 4.78 is 74.2. The topological polar surface area (TPSA) is 76.2 Å². The summed E-state index contributed by atoms with van der Waals surface area (Å²) in [5, 5.41) is 6.99. The smallest absolute Gasteiger partial charge is 0.351 e. The van der Waals surface area contributed by atoms with Gasteiger partial charge in [-0.15, -0.1) is 0 Å². The molecule has 0 atom stereocenters. The van der Waals surface area contributed by atoms with Crippen molar-refractivity contribution in [3.63, 3.8) is 0 Å². The second-order valence-corrected chi connectivity index (χ2v) is 10.7. The number of hydrogen-bond donors (Lipinski definition) is 2. The first-order valence-electron chi connectivity index (χ1n) is 14.1. The van der Waals surface area contributed by atoms with Gasteiger partial charge in [0.2, 0.25) is 0 Å². The number of aromatic nitrogens is 2. The van der Waals surface area contributed by atoms with Crippen LogP contribution in [0.15, 0.2) is 48.5 Å². The van der Waals surface area contributed by atoms with E-state index in [-0.39, 0.29) is 24.2 Å². The number of primary amides is 1. The highest BCUT2D eigenvalue weighted by atomic mass is 19.4. The lowest BCUT2D eigenvalue weighted by Crippen LogP contribution is -2.31. The van der Waals surface area contributed by atoms with Crippen LogP contribution < -0.4 is 11.1 Å². The molecule has 0 unspecified atom stereocenters. The summed E-state index contributed by atoms with van der Waals surface area (Å²) in [5.41, 5.74) is 9.07. The molecule has 43 heavy (non-hydrogen) atoms. The van der Waals surface area contributed by atoms with Crippen molar-refractivity contribution >= 4 is 11.7 Å². The van der Waals surface area contributed by atoms with Crippen LogP contribution in [0.25, 0.3) is 16.9 Å². The van der Waals surface area contributed by atoms with Crippen molar-refractivity contribution in [2.45, 2.75) is 59.3 Å². The number of aryl methyl sites for hydroxylation is 3. The summed E-state index contributed by atoms with van der Waals surface area (Å²) in [4.78, 5) is 13.2. The minimum atomic E-state index is -4.51.